The van der Waals surface area contributed by atoms with Gasteiger partial charge >= 0.3 is 5.69 Å². The van der Waals surface area contributed by atoms with E-state index in [0.29, 0.717) is 6.54 Å². The van der Waals surface area contributed by atoms with Crippen LogP contribution in [-0.2, 0) is 13.1 Å². The first-order chi connectivity index (χ1) is 9.61. The Kier molecular flexibility index (Phi) is 4.41. The third-order valence-electron chi connectivity index (χ3n) is 2.85. The van der Waals surface area contributed by atoms with Gasteiger partial charge in [-0.3, -0.25) is 4.57 Å². The molecule has 0 atom stereocenters. The number of aromatic nitrogens is 3. The van der Waals surface area contributed by atoms with Crippen molar-refractivity contribution >= 4 is 0 Å². The summed E-state index contributed by atoms with van der Waals surface area (Å²) in [4.78, 5) is 12.0. The van der Waals surface area contributed by atoms with Crippen molar-refractivity contribution in [3.63, 3.8) is 0 Å². The van der Waals surface area contributed by atoms with Gasteiger partial charge in [0.25, 0.3) is 6.08 Å². The highest BCUT2D eigenvalue weighted by molar-refractivity contribution is 5.14. The van der Waals surface area contributed by atoms with E-state index in [1.165, 1.54) is 10.9 Å². The highest BCUT2D eigenvalue weighted by atomic mass is 19.3. The Morgan fingerprint density at radius 2 is 1.95 bits per heavy atom. The summed E-state index contributed by atoms with van der Waals surface area (Å²) in [6.07, 6.45) is -0.531. The summed E-state index contributed by atoms with van der Waals surface area (Å²) in [7, 11) is 0. The van der Waals surface area contributed by atoms with E-state index in [0.717, 1.165) is 10.2 Å². The average molecular weight is 280 g/mol. The molecule has 0 saturated carbocycles. The smallest absolute Gasteiger partial charge is 0.327 e. The second-order valence-corrected chi connectivity index (χ2v) is 4.25. The largest absolute Gasteiger partial charge is 0.346 e. The van der Waals surface area contributed by atoms with Crippen LogP contribution < -0.4 is 11.4 Å². The average Bonchev–Trinajstić information content (AvgIpc) is 2.78. The predicted molar refractivity (Wildman–Crippen MR) is 70.3 cm³/mol. The van der Waals surface area contributed by atoms with Gasteiger partial charge in [-0.1, -0.05) is 30.3 Å². The molecule has 106 valence electrons. The van der Waals surface area contributed by atoms with E-state index in [1.807, 2.05) is 30.3 Å². The van der Waals surface area contributed by atoms with Crippen molar-refractivity contribution in [1.29, 1.82) is 0 Å². The summed E-state index contributed by atoms with van der Waals surface area (Å²) < 4.78 is 27.4. The third kappa shape index (κ3) is 3.18. The summed E-state index contributed by atoms with van der Waals surface area (Å²) in [5.74, 6) is 0. The van der Waals surface area contributed by atoms with Gasteiger partial charge in [-0.25, -0.2) is 9.48 Å². The number of rotatable bonds is 5. The number of nitrogens with zero attached hydrogens (tertiary/aromatic N) is 3. The summed E-state index contributed by atoms with van der Waals surface area (Å²) in [5.41, 5.74) is 5.41. The molecule has 0 fully saturated rings. The van der Waals surface area contributed by atoms with Crippen molar-refractivity contribution in [2.45, 2.75) is 13.1 Å². The topological polar surface area (TPSA) is 65.8 Å². The number of hydrogen-bond donors (Lipinski definition) is 1. The molecule has 0 spiro atoms. The van der Waals surface area contributed by atoms with Gasteiger partial charge < -0.3 is 5.73 Å². The number of halogens is 2. The van der Waals surface area contributed by atoms with E-state index in [4.69, 9.17) is 5.73 Å². The maximum atomic E-state index is 12.5. The lowest BCUT2D eigenvalue weighted by molar-refractivity contribution is 0.400. The fraction of sp³-hybridized carbons (Fsp3) is 0.231. The standard InChI is InChI=1S/C13H14F2N4O/c14-12(15)11(6-16)8-19-13(20)18(9-17-19)7-10-4-2-1-3-5-10/h1-5,9H,6-8,16H2. The molecule has 0 unspecified atom stereocenters. The van der Waals surface area contributed by atoms with Gasteiger partial charge in [-0.2, -0.15) is 13.9 Å². The zero-order valence-electron chi connectivity index (χ0n) is 10.7. The van der Waals surface area contributed by atoms with Crippen LogP contribution in [0.5, 0.6) is 0 Å². The minimum atomic E-state index is -1.86. The predicted octanol–water partition coefficient (Wildman–Crippen LogP) is 1.20. The quantitative estimate of drug-likeness (QED) is 0.895. The molecule has 0 aliphatic rings. The van der Waals surface area contributed by atoms with Crippen LogP contribution in [0.15, 0.2) is 53.1 Å². The van der Waals surface area contributed by atoms with Gasteiger partial charge in [-0.15, -0.1) is 0 Å². The molecule has 0 saturated heterocycles. The molecule has 0 aliphatic heterocycles. The molecule has 2 N–H and O–H groups in total. The SMILES string of the molecule is NCC(Cn1ncn(Cc2ccccc2)c1=O)=C(F)F. The van der Waals surface area contributed by atoms with E-state index in [9.17, 15) is 13.6 Å². The first kappa shape index (κ1) is 14.1. The third-order valence-corrected chi connectivity index (χ3v) is 2.85. The van der Waals surface area contributed by atoms with E-state index in [2.05, 4.69) is 5.10 Å². The molecular formula is C13H14F2N4O. The maximum Gasteiger partial charge on any atom is 0.346 e. The second-order valence-electron chi connectivity index (χ2n) is 4.25. The van der Waals surface area contributed by atoms with Gasteiger partial charge in [0.2, 0.25) is 0 Å². The lowest BCUT2D eigenvalue weighted by Gasteiger charge is -2.03. The molecule has 0 amide bonds. The van der Waals surface area contributed by atoms with Crippen LogP contribution in [0, 0.1) is 0 Å². The molecule has 0 radical (unpaired) electrons. The van der Waals surface area contributed by atoms with Gasteiger partial charge in [0.15, 0.2) is 0 Å². The lowest BCUT2D eigenvalue weighted by Crippen LogP contribution is -2.27. The van der Waals surface area contributed by atoms with Gasteiger partial charge in [0.1, 0.15) is 6.33 Å². The maximum absolute atomic E-state index is 12.5. The lowest BCUT2D eigenvalue weighted by atomic mass is 10.2. The summed E-state index contributed by atoms with van der Waals surface area (Å²) in [6.45, 7) is -0.251. The Morgan fingerprint density at radius 3 is 2.55 bits per heavy atom. The van der Waals surface area contributed by atoms with Crippen molar-refractivity contribution in [2.75, 3.05) is 6.54 Å². The van der Waals surface area contributed by atoms with E-state index < -0.39 is 11.8 Å². The van der Waals surface area contributed by atoms with Crippen molar-refractivity contribution in [3.05, 3.63) is 64.4 Å². The molecule has 1 heterocycles. The summed E-state index contributed by atoms with van der Waals surface area (Å²) >= 11 is 0. The summed E-state index contributed by atoms with van der Waals surface area (Å²) in [5, 5.41) is 3.83. The molecule has 0 aliphatic carbocycles. The zero-order valence-corrected chi connectivity index (χ0v) is 10.7. The molecule has 7 heteroatoms. The van der Waals surface area contributed by atoms with Crippen molar-refractivity contribution < 1.29 is 8.78 Å². The first-order valence-corrected chi connectivity index (χ1v) is 6.01. The fourth-order valence-corrected chi connectivity index (χ4v) is 1.75. The Hall–Kier alpha value is -2.28. The fourth-order valence-electron chi connectivity index (χ4n) is 1.75. The van der Waals surface area contributed by atoms with Crippen LogP contribution in [0.3, 0.4) is 0 Å². The minimum absolute atomic E-state index is 0.292. The molecule has 1 aromatic carbocycles. The van der Waals surface area contributed by atoms with Crippen molar-refractivity contribution in [3.8, 4) is 0 Å². The van der Waals surface area contributed by atoms with Crippen LogP contribution in [-0.4, -0.2) is 20.9 Å². The Labute approximate surface area is 113 Å². The van der Waals surface area contributed by atoms with Crippen molar-refractivity contribution in [1.82, 2.24) is 14.3 Å². The number of hydrogen-bond acceptors (Lipinski definition) is 3. The van der Waals surface area contributed by atoms with Crippen LogP contribution in [0.25, 0.3) is 0 Å². The molecule has 20 heavy (non-hydrogen) atoms. The molecule has 1 aromatic heterocycles. The van der Waals surface area contributed by atoms with Gasteiger partial charge in [0, 0.05) is 12.1 Å². The number of benzene rings is 1. The molecule has 0 bridgehead atoms. The molecule has 5 nitrogen and oxygen atoms in total. The van der Waals surface area contributed by atoms with Crippen LogP contribution >= 0.6 is 0 Å². The summed E-state index contributed by atoms with van der Waals surface area (Å²) in [6, 6.07) is 9.33. The highest BCUT2D eigenvalue weighted by Gasteiger charge is 2.10. The molecule has 2 rings (SSSR count). The van der Waals surface area contributed by atoms with Crippen molar-refractivity contribution in [2.24, 2.45) is 5.73 Å². The molecular weight excluding hydrogens is 266 g/mol. The monoisotopic (exact) mass is 280 g/mol. The molecule has 2 aromatic rings. The minimum Gasteiger partial charge on any atom is -0.327 e. The Morgan fingerprint density at radius 1 is 1.25 bits per heavy atom. The normalized spacial score (nSPS) is 10.6. The van der Waals surface area contributed by atoms with Crippen LogP contribution in [0.4, 0.5) is 8.78 Å². The first-order valence-electron chi connectivity index (χ1n) is 6.01. The Bertz CT molecular complexity index is 657. The van der Waals surface area contributed by atoms with Crippen LogP contribution in [0.2, 0.25) is 0 Å². The second kappa shape index (κ2) is 6.25. The number of nitrogens with two attached hydrogens (primary N) is 1. The van der Waals surface area contributed by atoms with E-state index in [1.54, 1.807) is 0 Å². The zero-order chi connectivity index (χ0) is 14.5. The van der Waals surface area contributed by atoms with E-state index >= 15 is 0 Å². The van der Waals surface area contributed by atoms with Crippen LogP contribution in [0.1, 0.15) is 5.56 Å². The Balaban J connectivity index is 2.20. The van der Waals surface area contributed by atoms with E-state index in [-0.39, 0.29) is 18.7 Å². The van der Waals surface area contributed by atoms with Gasteiger partial charge in [-0.05, 0) is 5.56 Å². The highest BCUT2D eigenvalue weighted by Crippen LogP contribution is 2.07. The van der Waals surface area contributed by atoms with Gasteiger partial charge in [0.05, 0.1) is 13.1 Å².